The zero-order valence-corrected chi connectivity index (χ0v) is 12.2. The molecule has 0 heterocycles. The summed E-state index contributed by atoms with van der Waals surface area (Å²) in [5.74, 6) is -0.651. The van der Waals surface area contributed by atoms with Crippen molar-refractivity contribution < 1.29 is 18.7 Å². The van der Waals surface area contributed by atoms with Crippen LogP contribution in [0.15, 0.2) is 18.2 Å². The number of rotatable bonds is 6. The van der Waals surface area contributed by atoms with Crippen LogP contribution in [-0.4, -0.2) is 31.8 Å². The van der Waals surface area contributed by atoms with Gasteiger partial charge >= 0.3 is 0 Å². The summed E-state index contributed by atoms with van der Waals surface area (Å²) in [5, 5.41) is 2.68. The molecule has 6 heteroatoms. The van der Waals surface area contributed by atoms with Gasteiger partial charge in [-0.05, 0) is 25.0 Å². The first-order valence-corrected chi connectivity index (χ1v) is 7.07. The topological polar surface area (TPSA) is 73.6 Å². The molecule has 2 rings (SSSR count). The maximum atomic E-state index is 13.9. The van der Waals surface area contributed by atoms with E-state index in [-0.39, 0.29) is 18.3 Å². The zero-order valence-electron chi connectivity index (χ0n) is 12.2. The summed E-state index contributed by atoms with van der Waals surface area (Å²) in [6.45, 7) is 0.651. The molecule has 21 heavy (non-hydrogen) atoms. The fourth-order valence-corrected chi connectivity index (χ4v) is 2.42. The number of carbonyl (C=O) groups is 1. The van der Waals surface area contributed by atoms with Crippen LogP contribution in [-0.2, 0) is 9.53 Å². The van der Waals surface area contributed by atoms with Gasteiger partial charge in [0, 0.05) is 18.9 Å². The fraction of sp³-hybridized carbons (Fsp3) is 0.533. The number of halogens is 1. The number of ether oxygens (including phenoxy) is 2. The normalized spacial score (nSPS) is 16.7. The average Bonchev–Trinajstić information content (AvgIpc) is 2.90. The summed E-state index contributed by atoms with van der Waals surface area (Å²) in [5.41, 5.74) is 5.61. The van der Waals surface area contributed by atoms with Gasteiger partial charge in [0.2, 0.25) is 5.91 Å². The van der Waals surface area contributed by atoms with Crippen molar-refractivity contribution in [2.75, 3.05) is 25.6 Å². The predicted octanol–water partition coefficient (Wildman–Crippen LogP) is 2.06. The minimum Gasteiger partial charge on any atom is -0.488 e. The number of hydrogen-bond donors (Lipinski definition) is 2. The van der Waals surface area contributed by atoms with E-state index in [0.29, 0.717) is 25.1 Å². The molecular weight excluding hydrogens is 275 g/mol. The third kappa shape index (κ3) is 3.92. The zero-order chi connectivity index (χ0) is 15.3. The molecule has 0 saturated heterocycles. The van der Waals surface area contributed by atoms with E-state index in [9.17, 15) is 9.18 Å². The largest absolute Gasteiger partial charge is 0.488 e. The van der Waals surface area contributed by atoms with E-state index >= 15 is 0 Å². The second-order valence-electron chi connectivity index (χ2n) is 5.30. The molecule has 1 saturated carbocycles. The van der Waals surface area contributed by atoms with Crippen LogP contribution in [0.5, 0.6) is 5.75 Å². The molecule has 5 nitrogen and oxygen atoms in total. The van der Waals surface area contributed by atoms with E-state index in [0.717, 1.165) is 12.8 Å². The maximum absolute atomic E-state index is 13.9. The van der Waals surface area contributed by atoms with Crippen molar-refractivity contribution in [1.82, 2.24) is 0 Å². The molecule has 0 radical (unpaired) electrons. The van der Waals surface area contributed by atoms with Crippen LogP contribution >= 0.6 is 0 Å². The van der Waals surface area contributed by atoms with E-state index in [4.69, 9.17) is 15.2 Å². The number of nitrogens with one attached hydrogen (secondary N) is 1. The van der Waals surface area contributed by atoms with Crippen LogP contribution in [0.1, 0.15) is 25.7 Å². The minimum atomic E-state index is -0.829. The Morgan fingerprint density at radius 3 is 2.71 bits per heavy atom. The van der Waals surface area contributed by atoms with Crippen molar-refractivity contribution >= 4 is 11.6 Å². The summed E-state index contributed by atoms with van der Waals surface area (Å²) in [6.07, 6.45) is 3.23. The Morgan fingerprint density at radius 1 is 1.38 bits per heavy atom. The lowest BCUT2D eigenvalue weighted by Gasteiger charge is -2.22. The maximum Gasteiger partial charge on any atom is 0.244 e. The van der Waals surface area contributed by atoms with Crippen LogP contribution in [0.4, 0.5) is 10.1 Å². The Balaban J connectivity index is 1.98. The van der Waals surface area contributed by atoms with Gasteiger partial charge in [0.05, 0.1) is 12.1 Å². The number of nitrogens with two attached hydrogens (primary N) is 1. The molecule has 0 unspecified atom stereocenters. The minimum absolute atomic E-state index is 0.133. The third-order valence-corrected chi connectivity index (χ3v) is 3.68. The predicted molar refractivity (Wildman–Crippen MR) is 77.8 cm³/mol. The molecule has 1 amide bonds. The molecule has 1 aromatic carbocycles. The Kier molecular flexibility index (Phi) is 5.14. The van der Waals surface area contributed by atoms with Gasteiger partial charge in [0.25, 0.3) is 0 Å². The smallest absolute Gasteiger partial charge is 0.244 e. The summed E-state index contributed by atoms with van der Waals surface area (Å²) in [7, 11) is 1.55. The monoisotopic (exact) mass is 296 g/mol. The second kappa shape index (κ2) is 6.87. The summed E-state index contributed by atoms with van der Waals surface area (Å²) in [4.78, 5) is 12.1. The van der Waals surface area contributed by atoms with Gasteiger partial charge in [-0.15, -0.1) is 0 Å². The van der Waals surface area contributed by atoms with Crippen LogP contribution < -0.4 is 15.8 Å². The number of anilines is 1. The summed E-state index contributed by atoms with van der Waals surface area (Å²) >= 11 is 0. The highest BCUT2D eigenvalue weighted by molar-refractivity contribution is 5.98. The number of hydrogen-bond acceptors (Lipinski definition) is 4. The van der Waals surface area contributed by atoms with Crippen molar-refractivity contribution in [2.45, 2.75) is 31.2 Å². The molecule has 1 aliphatic rings. The van der Waals surface area contributed by atoms with Crippen LogP contribution in [0.25, 0.3) is 0 Å². The van der Waals surface area contributed by atoms with Gasteiger partial charge in [-0.3, -0.25) is 4.79 Å². The van der Waals surface area contributed by atoms with Crippen LogP contribution in [0.2, 0.25) is 0 Å². The van der Waals surface area contributed by atoms with Gasteiger partial charge in [0.15, 0.2) is 11.6 Å². The quantitative estimate of drug-likeness (QED) is 0.788. The van der Waals surface area contributed by atoms with Crippen molar-refractivity contribution in [3.05, 3.63) is 24.0 Å². The number of methoxy groups -OCH3 is 1. The second-order valence-corrected chi connectivity index (χ2v) is 5.30. The Bertz CT molecular complexity index is 502. The summed E-state index contributed by atoms with van der Waals surface area (Å²) < 4.78 is 23.9. The van der Waals surface area contributed by atoms with E-state index < -0.39 is 11.4 Å². The van der Waals surface area contributed by atoms with Crippen LogP contribution in [0.3, 0.4) is 0 Å². The molecule has 0 aromatic heterocycles. The highest BCUT2D eigenvalue weighted by Gasteiger charge is 2.37. The Hall–Kier alpha value is -1.66. The van der Waals surface area contributed by atoms with E-state index in [1.807, 2.05) is 0 Å². The van der Waals surface area contributed by atoms with E-state index in [2.05, 4.69) is 5.32 Å². The molecule has 0 spiro atoms. The first-order chi connectivity index (χ1) is 10.0. The highest BCUT2D eigenvalue weighted by atomic mass is 19.1. The number of carbonyl (C=O) groups excluding carboxylic acids is 1. The highest BCUT2D eigenvalue weighted by Crippen LogP contribution is 2.29. The lowest BCUT2D eigenvalue weighted by Crippen LogP contribution is -2.48. The third-order valence-electron chi connectivity index (χ3n) is 3.68. The van der Waals surface area contributed by atoms with Gasteiger partial charge < -0.3 is 20.5 Å². The van der Waals surface area contributed by atoms with Crippen molar-refractivity contribution in [3.8, 4) is 5.75 Å². The molecule has 1 fully saturated rings. The Morgan fingerprint density at radius 2 is 2.10 bits per heavy atom. The van der Waals surface area contributed by atoms with Gasteiger partial charge in [-0.2, -0.15) is 0 Å². The standard InChI is InChI=1S/C15H21FN2O3/c1-20-8-9-21-13-5-4-11(10-12(13)16)18-14(19)15(17)6-2-3-7-15/h4-5,10H,2-3,6-9,17H2,1H3,(H,18,19). The van der Waals surface area contributed by atoms with Crippen molar-refractivity contribution in [2.24, 2.45) is 5.73 Å². The molecule has 0 aliphatic heterocycles. The van der Waals surface area contributed by atoms with Gasteiger partial charge in [-0.25, -0.2) is 4.39 Å². The molecule has 0 bridgehead atoms. The first kappa shape index (κ1) is 15.7. The van der Waals surface area contributed by atoms with Crippen molar-refractivity contribution in [3.63, 3.8) is 0 Å². The first-order valence-electron chi connectivity index (χ1n) is 7.07. The molecule has 3 N–H and O–H groups in total. The fourth-order valence-electron chi connectivity index (χ4n) is 2.42. The molecule has 1 aromatic rings. The lowest BCUT2D eigenvalue weighted by molar-refractivity contribution is -0.121. The number of benzene rings is 1. The van der Waals surface area contributed by atoms with Crippen molar-refractivity contribution in [1.29, 1.82) is 0 Å². The molecular formula is C15H21FN2O3. The lowest BCUT2D eigenvalue weighted by atomic mass is 9.98. The Labute approximate surface area is 123 Å². The van der Waals surface area contributed by atoms with Gasteiger partial charge in [-0.1, -0.05) is 12.8 Å². The van der Waals surface area contributed by atoms with E-state index in [1.165, 1.54) is 12.1 Å². The molecule has 0 atom stereocenters. The molecule has 1 aliphatic carbocycles. The average molecular weight is 296 g/mol. The van der Waals surface area contributed by atoms with E-state index in [1.54, 1.807) is 13.2 Å². The number of amides is 1. The summed E-state index contributed by atoms with van der Waals surface area (Å²) in [6, 6.07) is 4.32. The van der Waals surface area contributed by atoms with Gasteiger partial charge in [0.1, 0.15) is 6.61 Å². The molecule has 116 valence electrons. The SMILES string of the molecule is COCCOc1ccc(NC(=O)C2(N)CCCC2)cc1F. The van der Waals surface area contributed by atoms with Crippen LogP contribution in [0, 0.1) is 5.82 Å².